The van der Waals surface area contributed by atoms with Gasteiger partial charge in [-0.15, -0.1) is 0 Å². The Labute approximate surface area is 133 Å². The van der Waals surface area contributed by atoms with E-state index in [2.05, 4.69) is 25.1 Å². The van der Waals surface area contributed by atoms with Crippen molar-refractivity contribution >= 4 is 5.97 Å². The van der Waals surface area contributed by atoms with E-state index in [4.69, 9.17) is 9.47 Å². The lowest BCUT2D eigenvalue weighted by atomic mass is 9.95. The van der Waals surface area contributed by atoms with Crippen molar-refractivity contribution in [1.82, 2.24) is 0 Å². The molecule has 2 unspecified atom stereocenters. The van der Waals surface area contributed by atoms with Crippen LogP contribution in [0.25, 0.3) is 0 Å². The molecular weight excluding hydrogens is 276 g/mol. The lowest BCUT2D eigenvalue weighted by Crippen LogP contribution is -2.12. The quantitative estimate of drug-likeness (QED) is 0.411. The number of benzene rings is 1. The van der Waals surface area contributed by atoms with Crippen LogP contribution in [0.2, 0.25) is 0 Å². The predicted molar refractivity (Wildman–Crippen MR) is 87.3 cm³/mol. The van der Waals surface area contributed by atoms with Crippen LogP contribution in [0.4, 0.5) is 0 Å². The average Bonchev–Trinajstić information content (AvgIpc) is 2.85. The largest absolute Gasteiger partial charge is 0.466 e. The molecule has 0 N–H and O–H groups in total. The number of allylic oxidation sites excluding steroid dienone is 2. The van der Waals surface area contributed by atoms with E-state index in [0.717, 1.165) is 19.4 Å². The van der Waals surface area contributed by atoms with Crippen LogP contribution in [-0.2, 0) is 20.9 Å². The van der Waals surface area contributed by atoms with Crippen molar-refractivity contribution in [2.75, 3.05) is 13.2 Å². The van der Waals surface area contributed by atoms with Crippen LogP contribution in [0.15, 0.2) is 42.0 Å². The van der Waals surface area contributed by atoms with Crippen LogP contribution < -0.4 is 0 Å². The molecule has 0 fully saturated rings. The van der Waals surface area contributed by atoms with Gasteiger partial charge >= 0.3 is 5.97 Å². The van der Waals surface area contributed by atoms with Gasteiger partial charge in [0.25, 0.3) is 0 Å². The summed E-state index contributed by atoms with van der Waals surface area (Å²) in [5.74, 6) is 0.787. The maximum Gasteiger partial charge on any atom is 0.306 e. The summed E-state index contributed by atoms with van der Waals surface area (Å²) in [6.07, 6.45) is 4.87. The Balaban J connectivity index is 1.66. The Morgan fingerprint density at radius 1 is 1.27 bits per heavy atom. The average molecular weight is 302 g/mol. The maximum absolute atomic E-state index is 11.6. The first-order valence-corrected chi connectivity index (χ1v) is 8.14. The van der Waals surface area contributed by atoms with Gasteiger partial charge in [0.2, 0.25) is 0 Å². The molecular formula is C19H26O3. The van der Waals surface area contributed by atoms with Crippen LogP contribution >= 0.6 is 0 Å². The molecule has 0 radical (unpaired) electrons. The smallest absolute Gasteiger partial charge is 0.306 e. The fourth-order valence-electron chi connectivity index (χ4n) is 2.99. The monoisotopic (exact) mass is 302 g/mol. The third-order valence-corrected chi connectivity index (χ3v) is 4.19. The van der Waals surface area contributed by atoms with Gasteiger partial charge in [0.05, 0.1) is 19.6 Å². The van der Waals surface area contributed by atoms with Crippen LogP contribution in [0, 0.1) is 11.8 Å². The Hall–Kier alpha value is -1.61. The van der Waals surface area contributed by atoms with Gasteiger partial charge in [-0.05, 0) is 44.1 Å². The Morgan fingerprint density at radius 3 is 2.77 bits per heavy atom. The number of hydrogen-bond acceptors (Lipinski definition) is 3. The minimum atomic E-state index is -0.0822. The molecule has 0 aromatic heterocycles. The van der Waals surface area contributed by atoms with Crippen LogP contribution in [0.5, 0.6) is 0 Å². The molecule has 0 spiro atoms. The fourth-order valence-corrected chi connectivity index (χ4v) is 2.99. The minimum absolute atomic E-state index is 0.0822. The van der Waals surface area contributed by atoms with E-state index in [0.29, 0.717) is 31.5 Å². The summed E-state index contributed by atoms with van der Waals surface area (Å²) < 4.78 is 10.8. The lowest BCUT2D eigenvalue weighted by Gasteiger charge is -2.13. The molecule has 0 amide bonds. The zero-order valence-electron chi connectivity index (χ0n) is 13.6. The lowest BCUT2D eigenvalue weighted by molar-refractivity contribution is -0.143. The maximum atomic E-state index is 11.6. The van der Waals surface area contributed by atoms with Crippen molar-refractivity contribution in [2.24, 2.45) is 11.8 Å². The van der Waals surface area contributed by atoms with Gasteiger partial charge in [-0.2, -0.15) is 0 Å². The van der Waals surface area contributed by atoms with Crippen molar-refractivity contribution in [3.63, 3.8) is 0 Å². The van der Waals surface area contributed by atoms with Crippen molar-refractivity contribution in [3.05, 3.63) is 47.5 Å². The zero-order valence-corrected chi connectivity index (χ0v) is 13.6. The van der Waals surface area contributed by atoms with E-state index >= 15 is 0 Å². The molecule has 1 aliphatic rings. The normalized spacial score (nSPS) is 20.7. The highest BCUT2D eigenvalue weighted by Gasteiger charge is 2.26. The van der Waals surface area contributed by atoms with Crippen LogP contribution in [-0.4, -0.2) is 19.2 Å². The van der Waals surface area contributed by atoms with E-state index in [1.54, 1.807) is 0 Å². The predicted octanol–water partition coefficient (Wildman–Crippen LogP) is 4.13. The second-order valence-electron chi connectivity index (χ2n) is 5.94. The Bertz CT molecular complexity index is 493. The molecule has 3 nitrogen and oxygen atoms in total. The highest BCUT2D eigenvalue weighted by atomic mass is 16.5. The first-order chi connectivity index (χ1) is 10.7. The third-order valence-electron chi connectivity index (χ3n) is 4.19. The summed E-state index contributed by atoms with van der Waals surface area (Å²) >= 11 is 0. The number of rotatable bonds is 8. The molecule has 0 saturated heterocycles. The van der Waals surface area contributed by atoms with E-state index in [9.17, 15) is 4.79 Å². The molecule has 1 aliphatic carbocycles. The van der Waals surface area contributed by atoms with E-state index in [-0.39, 0.29) is 5.97 Å². The number of ether oxygens (including phenoxy) is 2. The van der Waals surface area contributed by atoms with Gasteiger partial charge in [0, 0.05) is 6.61 Å². The first-order valence-electron chi connectivity index (χ1n) is 8.14. The molecule has 0 saturated carbocycles. The molecule has 22 heavy (non-hydrogen) atoms. The molecule has 1 aromatic carbocycles. The van der Waals surface area contributed by atoms with Gasteiger partial charge < -0.3 is 9.47 Å². The Morgan fingerprint density at radius 2 is 2.05 bits per heavy atom. The summed E-state index contributed by atoms with van der Waals surface area (Å²) in [5.41, 5.74) is 2.53. The molecule has 2 atom stereocenters. The second kappa shape index (κ2) is 8.74. The zero-order chi connectivity index (χ0) is 15.8. The molecule has 3 heteroatoms. The molecule has 0 heterocycles. The van der Waals surface area contributed by atoms with Gasteiger partial charge in [-0.25, -0.2) is 0 Å². The highest BCUT2D eigenvalue weighted by molar-refractivity contribution is 5.70. The molecule has 0 aliphatic heterocycles. The van der Waals surface area contributed by atoms with Crippen molar-refractivity contribution in [2.45, 2.75) is 39.7 Å². The SMILES string of the molecule is CCOC(=O)CC1CC(CCOCc2ccccc2)C=C1C. The molecule has 1 aromatic rings. The summed E-state index contributed by atoms with van der Waals surface area (Å²) in [6, 6.07) is 10.2. The van der Waals surface area contributed by atoms with Gasteiger partial charge in [0.15, 0.2) is 0 Å². The number of hydrogen-bond donors (Lipinski definition) is 0. The van der Waals surface area contributed by atoms with E-state index in [1.807, 2.05) is 25.1 Å². The van der Waals surface area contributed by atoms with Crippen LogP contribution in [0.3, 0.4) is 0 Å². The molecule has 120 valence electrons. The van der Waals surface area contributed by atoms with Crippen LogP contribution in [0.1, 0.15) is 38.7 Å². The van der Waals surface area contributed by atoms with Gasteiger partial charge in [0.1, 0.15) is 0 Å². The number of carbonyl (C=O) groups is 1. The summed E-state index contributed by atoms with van der Waals surface area (Å²) in [6.45, 7) is 5.86. The summed E-state index contributed by atoms with van der Waals surface area (Å²) in [7, 11) is 0. The second-order valence-corrected chi connectivity index (χ2v) is 5.94. The highest BCUT2D eigenvalue weighted by Crippen LogP contribution is 2.34. The fraction of sp³-hybridized carbons (Fsp3) is 0.526. The first kappa shape index (κ1) is 16.8. The van der Waals surface area contributed by atoms with Gasteiger partial charge in [-0.1, -0.05) is 42.0 Å². The van der Waals surface area contributed by atoms with Crippen molar-refractivity contribution in [3.8, 4) is 0 Å². The van der Waals surface area contributed by atoms with E-state index in [1.165, 1.54) is 11.1 Å². The topological polar surface area (TPSA) is 35.5 Å². The Kier molecular flexibility index (Phi) is 6.66. The standard InChI is InChI=1S/C19H26O3/c1-3-22-19(20)13-18-12-17(11-15(18)2)9-10-21-14-16-7-5-4-6-8-16/h4-8,11,17-18H,3,9-10,12-14H2,1-2H3. The molecule has 0 bridgehead atoms. The minimum Gasteiger partial charge on any atom is -0.466 e. The number of carbonyl (C=O) groups excluding carboxylic acids is 1. The van der Waals surface area contributed by atoms with E-state index < -0.39 is 0 Å². The van der Waals surface area contributed by atoms with Gasteiger partial charge in [-0.3, -0.25) is 4.79 Å². The summed E-state index contributed by atoms with van der Waals surface area (Å²) in [5, 5.41) is 0. The molecule has 2 rings (SSSR count). The number of esters is 1. The summed E-state index contributed by atoms with van der Waals surface area (Å²) in [4.78, 5) is 11.6. The van der Waals surface area contributed by atoms with Crippen molar-refractivity contribution in [1.29, 1.82) is 0 Å². The van der Waals surface area contributed by atoms with Crippen molar-refractivity contribution < 1.29 is 14.3 Å². The third kappa shape index (κ3) is 5.30.